The molecule has 0 aliphatic heterocycles. The van der Waals surface area contributed by atoms with E-state index < -0.39 is 0 Å². The Bertz CT molecular complexity index is 432. The maximum atomic E-state index is 11.9. The second kappa shape index (κ2) is 5.38. The van der Waals surface area contributed by atoms with Crippen LogP contribution in [0.5, 0.6) is 0 Å². The van der Waals surface area contributed by atoms with Crippen LogP contribution in [0.25, 0.3) is 0 Å². The summed E-state index contributed by atoms with van der Waals surface area (Å²) in [7, 11) is 0. The molecule has 2 rings (SSSR count). The minimum Gasteiger partial charge on any atom is -0.312 e. The fourth-order valence-electron chi connectivity index (χ4n) is 2.80. The van der Waals surface area contributed by atoms with Crippen molar-refractivity contribution in [2.24, 2.45) is 5.41 Å². The molecule has 0 spiro atoms. The van der Waals surface area contributed by atoms with Crippen molar-refractivity contribution in [3.63, 3.8) is 0 Å². The molecule has 1 aliphatic rings. The van der Waals surface area contributed by atoms with Gasteiger partial charge in [0.25, 0.3) is 5.56 Å². The molecule has 17 heavy (non-hydrogen) atoms. The lowest BCUT2D eigenvalue weighted by Gasteiger charge is -2.36. The van der Waals surface area contributed by atoms with Gasteiger partial charge in [0.15, 0.2) is 0 Å². The first-order valence-electron chi connectivity index (χ1n) is 6.39. The third-order valence-corrected chi connectivity index (χ3v) is 5.15. The molecule has 0 radical (unpaired) electrons. The van der Waals surface area contributed by atoms with E-state index >= 15 is 0 Å². The zero-order valence-electron chi connectivity index (χ0n) is 10.4. The van der Waals surface area contributed by atoms with Crippen LogP contribution in [-0.4, -0.2) is 9.90 Å². The molecule has 0 atom stereocenters. The Balaban J connectivity index is 2.26. The maximum absolute atomic E-state index is 11.9. The van der Waals surface area contributed by atoms with Gasteiger partial charge in [-0.25, -0.2) is 0 Å². The van der Waals surface area contributed by atoms with Gasteiger partial charge in [-0.05, 0) is 31.2 Å². The van der Waals surface area contributed by atoms with Crippen LogP contribution in [0.4, 0.5) is 0 Å². The monoisotopic (exact) mass is 297 g/mol. The second-order valence-corrected chi connectivity index (χ2v) is 5.85. The van der Waals surface area contributed by atoms with Crippen LogP contribution in [0.2, 0.25) is 0 Å². The fraction of sp³-hybridized carbons (Fsp3) is 0.643. The first kappa shape index (κ1) is 12.9. The highest BCUT2D eigenvalue weighted by atomic mass is 79.9. The van der Waals surface area contributed by atoms with E-state index in [1.54, 1.807) is 6.07 Å². The summed E-state index contributed by atoms with van der Waals surface area (Å²) in [6.45, 7) is 2.88. The number of halogens is 1. The lowest BCUT2D eigenvalue weighted by molar-refractivity contribution is 0.187. The van der Waals surface area contributed by atoms with Gasteiger partial charge in [-0.2, -0.15) is 0 Å². The molecule has 0 N–H and O–H groups in total. The van der Waals surface area contributed by atoms with Gasteiger partial charge in [0.1, 0.15) is 0 Å². The Labute approximate surface area is 111 Å². The molecule has 1 aromatic rings. The standard InChI is InChI=1S/C14H20BrNO/c1-12-6-5-7-13(17)16(12)11-14(10-15)8-3-2-4-9-14/h5-7H,2-4,8-11H2,1H3. The third kappa shape index (κ3) is 2.82. The summed E-state index contributed by atoms with van der Waals surface area (Å²) in [5.41, 5.74) is 1.49. The van der Waals surface area contributed by atoms with Crippen LogP contribution in [0.3, 0.4) is 0 Å². The summed E-state index contributed by atoms with van der Waals surface area (Å²) < 4.78 is 1.94. The van der Waals surface area contributed by atoms with E-state index in [0.29, 0.717) is 0 Å². The van der Waals surface area contributed by atoms with Crippen molar-refractivity contribution in [2.75, 3.05) is 5.33 Å². The summed E-state index contributed by atoms with van der Waals surface area (Å²) in [4.78, 5) is 11.9. The molecule has 1 aromatic heterocycles. The van der Waals surface area contributed by atoms with Crippen LogP contribution in [0, 0.1) is 12.3 Å². The number of pyridine rings is 1. The number of alkyl halides is 1. The Morgan fingerprint density at radius 3 is 2.59 bits per heavy atom. The van der Waals surface area contributed by atoms with E-state index in [2.05, 4.69) is 15.9 Å². The molecule has 1 heterocycles. The molecule has 0 bridgehead atoms. The molecule has 1 fully saturated rings. The van der Waals surface area contributed by atoms with Gasteiger partial charge in [-0.3, -0.25) is 4.79 Å². The van der Waals surface area contributed by atoms with Crippen molar-refractivity contribution in [1.29, 1.82) is 0 Å². The molecule has 0 unspecified atom stereocenters. The first-order valence-corrected chi connectivity index (χ1v) is 7.51. The summed E-state index contributed by atoms with van der Waals surface area (Å²) in [5, 5.41) is 1.00. The SMILES string of the molecule is Cc1cccc(=O)n1CC1(CBr)CCCCC1. The van der Waals surface area contributed by atoms with E-state index in [4.69, 9.17) is 0 Å². The topological polar surface area (TPSA) is 22.0 Å². The summed E-state index contributed by atoms with van der Waals surface area (Å²) >= 11 is 3.66. The van der Waals surface area contributed by atoms with Crippen LogP contribution in [-0.2, 0) is 6.54 Å². The van der Waals surface area contributed by atoms with Crippen molar-refractivity contribution in [3.8, 4) is 0 Å². The minimum absolute atomic E-state index is 0.135. The van der Waals surface area contributed by atoms with E-state index in [-0.39, 0.29) is 11.0 Å². The molecule has 0 amide bonds. The summed E-state index contributed by atoms with van der Waals surface area (Å²) in [6, 6.07) is 5.53. The second-order valence-electron chi connectivity index (χ2n) is 5.29. The Morgan fingerprint density at radius 1 is 1.29 bits per heavy atom. The van der Waals surface area contributed by atoms with Crippen LogP contribution >= 0.6 is 15.9 Å². The number of nitrogens with zero attached hydrogens (tertiary/aromatic N) is 1. The number of aromatic nitrogens is 1. The van der Waals surface area contributed by atoms with E-state index in [9.17, 15) is 4.79 Å². The highest BCUT2D eigenvalue weighted by Crippen LogP contribution is 2.39. The Morgan fingerprint density at radius 2 is 2.00 bits per heavy atom. The molecule has 3 heteroatoms. The lowest BCUT2D eigenvalue weighted by Crippen LogP contribution is -2.36. The highest BCUT2D eigenvalue weighted by molar-refractivity contribution is 9.09. The van der Waals surface area contributed by atoms with E-state index in [1.165, 1.54) is 32.1 Å². The predicted octanol–water partition coefficient (Wildman–Crippen LogP) is 3.50. The number of rotatable bonds is 3. The van der Waals surface area contributed by atoms with E-state index in [0.717, 1.165) is 17.6 Å². The molecular formula is C14H20BrNO. The smallest absolute Gasteiger partial charge is 0.250 e. The van der Waals surface area contributed by atoms with Crippen LogP contribution in [0.1, 0.15) is 37.8 Å². The predicted molar refractivity (Wildman–Crippen MR) is 74.8 cm³/mol. The van der Waals surface area contributed by atoms with Crippen molar-refractivity contribution in [1.82, 2.24) is 4.57 Å². The molecule has 1 aliphatic carbocycles. The van der Waals surface area contributed by atoms with Gasteiger partial charge >= 0.3 is 0 Å². The van der Waals surface area contributed by atoms with Crippen LogP contribution in [0.15, 0.2) is 23.0 Å². The number of hydrogen-bond acceptors (Lipinski definition) is 1. The van der Waals surface area contributed by atoms with Gasteiger partial charge in [0, 0.05) is 23.6 Å². The van der Waals surface area contributed by atoms with Crippen molar-refractivity contribution < 1.29 is 0 Å². The Kier molecular flexibility index (Phi) is 4.08. The first-order chi connectivity index (χ1) is 8.17. The normalized spacial score (nSPS) is 19.2. The zero-order chi connectivity index (χ0) is 12.3. The van der Waals surface area contributed by atoms with E-state index in [1.807, 2.05) is 23.6 Å². The molecule has 1 saturated carbocycles. The van der Waals surface area contributed by atoms with Crippen LogP contribution < -0.4 is 5.56 Å². The van der Waals surface area contributed by atoms with Crippen molar-refractivity contribution >= 4 is 15.9 Å². The van der Waals surface area contributed by atoms with Gasteiger partial charge < -0.3 is 4.57 Å². The number of aryl methyl sites for hydroxylation is 1. The highest BCUT2D eigenvalue weighted by Gasteiger charge is 2.31. The quantitative estimate of drug-likeness (QED) is 0.783. The largest absolute Gasteiger partial charge is 0.312 e. The third-order valence-electron chi connectivity index (χ3n) is 3.96. The van der Waals surface area contributed by atoms with Crippen molar-refractivity contribution in [2.45, 2.75) is 45.6 Å². The average molecular weight is 298 g/mol. The summed E-state index contributed by atoms with van der Waals surface area (Å²) in [5.74, 6) is 0. The molecule has 94 valence electrons. The Hall–Kier alpha value is -0.570. The fourth-order valence-corrected chi connectivity index (χ4v) is 3.54. The average Bonchev–Trinajstić information content (AvgIpc) is 2.35. The van der Waals surface area contributed by atoms with Gasteiger partial charge in [-0.1, -0.05) is 41.3 Å². The van der Waals surface area contributed by atoms with Crippen molar-refractivity contribution in [3.05, 3.63) is 34.2 Å². The molecule has 0 saturated heterocycles. The maximum Gasteiger partial charge on any atom is 0.250 e. The van der Waals surface area contributed by atoms with Gasteiger partial charge in [-0.15, -0.1) is 0 Å². The summed E-state index contributed by atoms with van der Waals surface area (Å²) in [6.07, 6.45) is 6.41. The molecular weight excluding hydrogens is 278 g/mol. The minimum atomic E-state index is 0.135. The lowest BCUT2D eigenvalue weighted by atomic mass is 9.75. The molecule has 0 aromatic carbocycles. The number of hydrogen-bond donors (Lipinski definition) is 0. The van der Waals surface area contributed by atoms with Gasteiger partial charge in [0.05, 0.1) is 0 Å². The van der Waals surface area contributed by atoms with Gasteiger partial charge in [0.2, 0.25) is 0 Å². The molecule has 2 nitrogen and oxygen atoms in total. The zero-order valence-corrected chi connectivity index (χ0v) is 12.0.